The molecule has 0 saturated carbocycles. The largest absolute Gasteiger partial charge is 0.348 e. The molecule has 1 N–H and O–H groups in total. The van der Waals surface area contributed by atoms with E-state index in [9.17, 15) is 4.79 Å². The second kappa shape index (κ2) is 9.53. The smallest absolute Gasteiger partial charge is 0.242 e. The second-order valence-corrected chi connectivity index (χ2v) is 9.94. The highest BCUT2D eigenvalue weighted by atomic mass is 16.2. The van der Waals surface area contributed by atoms with Gasteiger partial charge in [0.2, 0.25) is 5.91 Å². The number of carbonyl (C=O) groups is 1. The number of aromatic nitrogens is 4. The van der Waals surface area contributed by atoms with Crippen LogP contribution in [0.5, 0.6) is 0 Å². The van der Waals surface area contributed by atoms with Crippen molar-refractivity contribution in [2.24, 2.45) is 11.3 Å². The van der Waals surface area contributed by atoms with E-state index in [1.54, 1.807) is 12.4 Å². The third kappa shape index (κ3) is 5.54. The van der Waals surface area contributed by atoms with Crippen molar-refractivity contribution in [3.8, 4) is 0 Å². The lowest BCUT2D eigenvalue weighted by molar-refractivity contribution is -0.131. The summed E-state index contributed by atoms with van der Waals surface area (Å²) in [5.74, 6) is 2.78. The van der Waals surface area contributed by atoms with Crippen LogP contribution in [0.25, 0.3) is 0 Å². The average molecular weight is 428 g/mol. The van der Waals surface area contributed by atoms with Gasteiger partial charge in [-0.25, -0.2) is 9.97 Å². The van der Waals surface area contributed by atoms with Crippen molar-refractivity contribution in [2.45, 2.75) is 52.7 Å². The molecule has 170 valence electrons. The van der Waals surface area contributed by atoms with Crippen LogP contribution in [0.4, 0.5) is 0 Å². The summed E-state index contributed by atoms with van der Waals surface area (Å²) in [5.41, 5.74) is 0.337. The molecule has 1 amide bonds. The molecule has 0 atom stereocenters. The van der Waals surface area contributed by atoms with Crippen LogP contribution in [0.3, 0.4) is 0 Å². The lowest BCUT2D eigenvalue weighted by Gasteiger charge is -2.39. The highest BCUT2D eigenvalue weighted by Gasteiger charge is 2.41. The molecular weight excluding hydrogens is 390 g/mol. The number of rotatable bonds is 8. The number of likely N-dealkylation sites (tertiary alicyclic amines) is 2. The Morgan fingerprint density at radius 2 is 1.94 bits per heavy atom. The van der Waals surface area contributed by atoms with E-state index in [0.717, 1.165) is 43.6 Å². The number of hydrogen-bond acceptors (Lipinski definition) is 5. The minimum Gasteiger partial charge on any atom is -0.348 e. The minimum absolute atomic E-state index is 0.217. The van der Waals surface area contributed by atoms with Crippen LogP contribution < -0.4 is 0 Å². The van der Waals surface area contributed by atoms with Gasteiger partial charge in [0, 0.05) is 44.4 Å². The molecule has 4 heterocycles. The topological polar surface area (TPSA) is 73.3 Å². The van der Waals surface area contributed by atoms with Crippen LogP contribution in [-0.4, -0.2) is 79.9 Å². The van der Waals surface area contributed by atoms with Gasteiger partial charge in [-0.15, -0.1) is 0 Å². The molecule has 0 aliphatic carbocycles. The van der Waals surface area contributed by atoms with Crippen LogP contribution in [-0.2, 0) is 24.4 Å². The van der Waals surface area contributed by atoms with Gasteiger partial charge in [0.25, 0.3) is 0 Å². The van der Waals surface area contributed by atoms with Gasteiger partial charge in [0.15, 0.2) is 0 Å². The van der Waals surface area contributed by atoms with Gasteiger partial charge in [0.05, 0.1) is 13.1 Å². The lowest BCUT2D eigenvalue weighted by atomic mass is 9.77. The lowest BCUT2D eigenvalue weighted by Crippen LogP contribution is -2.43. The summed E-state index contributed by atoms with van der Waals surface area (Å²) in [4.78, 5) is 31.8. The van der Waals surface area contributed by atoms with Gasteiger partial charge < -0.3 is 19.4 Å². The Labute approximate surface area is 185 Å². The zero-order chi connectivity index (χ0) is 21.8. The van der Waals surface area contributed by atoms with Gasteiger partial charge in [-0.1, -0.05) is 13.8 Å². The SMILES string of the molecule is CC(C)CN1CCC2(CC1)CCN(C(=O)Cn1ccnc1CN(C)Cc1ncc[nH]1)C2. The van der Waals surface area contributed by atoms with Crippen LogP contribution in [0.1, 0.15) is 44.8 Å². The fraction of sp³-hybridized carbons (Fsp3) is 0.696. The van der Waals surface area contributed by atoms with Gasteiger partial charge in [-0.3, -0.25) is 9.69 Å². The number of imidazole rings is 2. The number of amides is 1. The number of H-pyrrole nitrogens is 1. The predicted molar refractivity (Wildman–Crippen MR) is 120 cm³/mol. The molecule has 2 aliphatic rings. The van der Waals surface area contributed by atoms with Crippen LogP contribution >= 0.6 is 0 Å². The maximum Gasteiger partial charge on any atom is 0.242 e. The van der Waals surface area contributed by atoms with Gasteiger partial charge in [-0.05, 0) is 50.7 Å². The maximum atomic E-state index is 13.1. The van der Waals surface area contributed by atoms with Crippen molar-refractivity contribution >= 4 is 5.91 Å². The number of hydrogen-bond donors (Lipinski definition) is 1. The highest BCUT2D eigenvalue weighted by molar-refractivity contribution is 5.76. The molecule has 0 unspecified atom stereocenters. The van der Waals surface area contributed by atoms with E-state index in [4.69, 9.17) is 0 Å². The van der Waals surface area contributed by atoms with E-state index in [0.29, 0.717) is 18.5 Å². The first-order chi connectivity index (χ1) is 14.9. The quantitative estimate of drug-likeness (QED) is 0.699. The van der Waals surface area contributed by atoms with E-state index in [2.05, 4.69) is 43.5 Å². The third-order valence-corrected chi connectivity index (χ3v) is 6.82. The zero-order valence-corrected chi connectivity index (χ0v) is 19.3. The Morgan fingerprint density at radius 3 is 2.65 bits per heavy atom. The number of nitrogens with zero attached hydrogens (tertiary/aromatic N) is 6. The Hall–Kier alpha value is -2.19. The molecule has 2 aromatic heterocycles. The average Bonchev–Trinajstić information content (AvgIpc) is 3.47. The first kappa shape index (κ1) is 22.0. The molecule has 1 spiro atoms. The number of carbonyl (C=O) groups excluding carboxylic acids is 1. The summed E-state index contributed by atoms with van der Waals surface area (Å²) in [6.45, 7) is 11.7. The van der Waals surface area contributed by atoms with Gasteiger partial charge in [0.1, 0.15) is 18.2 Å². The van der Waals surface area contributed by atoms with Crippen LogP contribution in [0.2, 0.25) is 0 Å². The van der Waals surface area contributed by atoms with Gasteiger partial charge >= 0.3 is 0 Å². The van der Waals surface area contributed by atoms with E-state index < -0.39 is 0 Å². The summed E-state index contributed by atoms with van der Waals surface area (Å²) < 4.78 is 2.00. The summed E-state index contributed by atoms with van der Waals surface area (Å²) in [6, 6.07) is 0. The monoisotopic (exact) mass is 427 g/mol. The Bertz CT molecular complexity index is 836. The zero-order valence-electron chi connectivity index (χ0n) is 19.3. The van der Waals surface area contributed by atoms with Gasteiger partial charge in [-0.2, -0.15) is 0 Å². The molecule has 4 rings (SSSR count). The predicted octanol–water partition coefficient (Wildman–Crippen LogP) is 2.21. The van der Waals surface area contributed by atoms with E-state index in [-0.39, 0.29) is 5.91 Å². The maximum absolute atomic E-state index is 13.1. The minimum atomic E-state index is 0.217. The van der Waals surface area contributed by atoms with Crippen molar-refractivity contribution in [3.63, 3.8) is 0 Å². The Morgan fingerprint density at radius 1 is 1.16 bits per heavy atom. The first-order valence-electron chi connectivity index (χ1n) is 11.6. The second-order valence-electron chi connectivity index (χ2n) is 9.94. The molecule has 2 fully saturated rings. The molecular formula is C23H37N7O. The van der Waals surface area contributed by atoms with Crippen molar-refractivity contribution < 1.29 is 4.79 Å². The van der Waals surface area contributed by atoms with Crippen LogP contribution in [0.15, 0.2) is 24.8 Å². The fourth-order valence-corrected chi connectivity index (χ4v) is 5.10. The number of nitrogens with one attached hydrogen (secondary N) is 1. The molecule has 0 bridgehead atoms. The van der Waals surface area contributed by atoms with Crippen molar-refractivity contribution in [3.05, 3.63) is 36.4 Å². The summed E-state index contributed by atoms with van der Waals surface area (Å²) in [6.07, 6.45) is 10.9. The third-order valence-electron chi connectivity index (χ3n) is 6.82. The molecule has 2 aromatic rings. The molecule has 2 aliphatic heterocycles. The molecule has 8 heteroatoms. The molecule has 8 nitrogen and oxygen atoms in total. The summed E-state index contributed by atoms with van der Waals surface area (Å²) >= 11 is 0. The van der Waals surface area contributed by atoms with Crippen molar-refractivity contribution in [1.29, 1.82) is 0 Å². The first-order valence-corrected chi connectivity index (χ1v) is 11.6. The molecule has 0 aromatic carbocycles. The summed E-state index contributed by atoms with van der Waals surface area (Å²) in [5, 5.41) is 0. The van der Waals surface area contributed by atoms with E-state index in [1.807, 2.05) is 24.0 Å². The Balaban J connectivity index is 1.28. The normalized spacial score (nSPS) is 19.2. The molecule has 2 saturated heterocycles. The molecule has 0 radical (unpaired) electrons. The number of piperidine rings is 1. The Kier molecular flexibility index (Phi) is 6.77. The fourth-order valence-electron chi connectivity index (χ4n) is 5.10. The van der Waals surface area contributed by atoms with Crippen molar-refractivity contribution in [1.82, 2.24) is 34.2 Å². The van der Waals surface area contributed by atoms with E-state index >= 15 is 0 Å². The number of aromatic amines is 1. The highest BCUT2D eigenvalue weighted by Crippen LogP contribution is 2.40. The van der Waals surface area contributed by atoms with Crippen molar-refractivity contribution in [2.75, 3.05) is 39.8 Å². The van der Waals surface area contributed by atoms with E-state index in [1.165, 1.54) is 32.5 Å². The summed E-state index contributed by atoms with van der Waals surface area (Å²) in [7, 11) is 2.04. The standard InChI is InChI=1S/C23H37N7O/c1-19(2)14-28-10-4-23(5-11-28)6-12-30(18-23)22(31)17-29-13-9-26-21(29)16-27(3)15-20-24-7-8-25-20/h7-9,13,19H,4-6,10-12,14-18H2,1-3H3,(H,24,25). The van der Waals surface area contributed by atoms with Crippen LogP contribution in [0, 0.1) is 11.3 Å². The molecule has 31 heavy (non-hydrogen) atoms.